The lowest BCUT2D eigenvalue weighted by Crippen LogP contribution is -2.12. The van der Waals surface area contributed by atoms with Crippen molar-refractivity contribution in [3.8, 4) is 5.75 Å². The van der Waals surface area contributed by atoms with Gasteiger partial charge in [-0.3, -0.25) is 0 Å². The van der Waals surface area contributed by atoms with Crippen LogP contribution >= 0.6 is 8.03 Å². The van der Waals surface area contributed by atoms with Crippen LogP contribution < -0.4 is 0 Å². The van der Waals surface area contributed by atoms with E-state index < -0.39 is 8.03 Å². The molecular formula is C14H20O3P+. The van der Waals surface area contributed by atoms with Crippen molar-refractivity contribution >= 4 is 13.6 Å². The summed E-state index contributed by atoms with van der Waals surface area (Å²) < 4.78 is 11.0. The topological polar surface area (TPSA) is 57.5 Å². The average molecular weight is 267 g/mol. The van der Waals surface area contributed by atoms with Gasteiger partial charge < -0.3 is 5.11 Å². The Bertz CT molecular complexity index is 498. The van der Waals surface area contributed by atoms with Crippen molar-refractivity contribution in [1.29, 1.82) is 0 Å². The predicted octanol–water partition coefficient (Wildman–Crippen LogP) is 3.96. The van der Waals surface area contributed by atoms with Crippen molar-refractivity contribution in [2.24, 2.45) is 0 Å². The van der Waals surface area contributed by atoms with Gasteiger partial charge >= 0.3 is 8.03 Å². The Morgan fingerprint density at radius 1 is 1.39 bits per heavy atom. The Morgan fingerprint density at radius 3 is 2.33 bits per heavy atom. The maximum atomic E-state index is 11.0. The third kappa shape index (κ3) is 3.41. The largest absolute Gasteiger partial charge is 0.510 e. The summed E-state index contributed by atoms with van der Waals surface area (Å²) in [6.07, 6.45) is 0.0962. The number of allylic oxidation sites excluding steroid dienone is 1. The van der Waals surface area contributed by atoms with Gasteiger partial charge in [-0.15, -0.1) is 0 Å². The van der Waals surface area contributed by atoms with Gasteiger partial charge in [-0.05, 0) is 34.6 Å². The molecule has 0 spiro atoms. The van der Waals surface area contributed by atoms with E-state index in [4.69, 9.17) is 4.89 Å². The number of aromatic hydroxyl groups is 1. The number of rotatable bonds is 3. The molecular weight excluding hydrogens is 247 g/mol. The van der Waals surface area contributed by atoms with Crippen LogP contribution in [0.5, 0.6) is 5.75 Å². The number of hydrogen-bond donors (Lipinski definition) is 2. The zero-order valence-corrected chi connectivity index (χ0v) is 12.2. The summed E-state index contributed by atoms with van der Waals surface area (Å²) in [7, 11) is -2.23. The van der Waals surface area contributed by atoms with Crippen molar-refractivity contribution in [2.45, 2.75) is 39.3 Å². The van der Waals surface area contributed by atoms with Crippen LogP contribution in [0.3, 0.4) is 0 Å². The quantitative estimate of drug-likeness (QED) is 0.815. The van der Waals surface area contributed by atoms with Crippen LogP contribution in [0.15, 0.2) is 18.7 Å². The molecule has 0 aliphatic rings. The first-order chi connectivity index (χ1) is 8.12. The van der Waals surface area contributed by atoms with E-state index in [1.165, 1.54) is 0 Å². The van der Waals surface area contributed by atoms with Crippen LogP contribution in [0.2, 0.25) is 0 Å². The minimum atomic E-state index is -2.23. The minimum absolute atomic E-state index is 0.0962. The van der Waals surface area contributed by atoms with E-state index in [0.29, 0.717) is 5.56 Å². The zero-order valence-electron chi connectivity index (χ0n) is 11.3. The SMILES string of the molecule is C=C(C)c1cc(C[P+](=O)O)cc(C(C)(C)C)c1O. The minimum Gasteiger partial charge on any atom is -0.507 e. The Hall–Kier alpha value is -1.18. The lowest BCUT2D eigenvalue weighted by atomic mass is 9.83. The molecule has 1 rings (SSSR count). The van der Waals surface area contributed by atoms with Gasteiger partial charge in [0.25, 0.3) is 0 Å². The molecule has 4 heteroatoms. The van der Waals surface area contributed by atoms with E-state index in [1.807, 2.05) is 27.7 Å². The first-order valence-corrected chi connectivity index (χ1v) is 7.18. The lowest BCUT2D eigenvalue weighted by Gasteiger charge is -2.23. The molecule has 0 fully saturated rings. The normalized spacial score (nSPS) is 12.4. The van der Waals surface area contributed by atoms with Crippen molar-refractivity contribution in [3.63, 3.8) is 0 Å². The van der Waals surface area contributed by atoms with Gasteiger partial charge in [-0.25, -0.2) is 0 Å². The predicted molar refractivity (Wildman–Crippen MR) is 75.0 cm³/mol. The van der Waals surface area contributed by atoms with Crippen LogP contribution in [-0.2, 0) is 16.1 Å². The Labute approximate surface area is 109 Å². The third-order valence-corrected chi connectivity index (χ3v) is 3.39. The molecule has 0 aromatic heterocycles. The molecule has 1 aromatic carbocycles. The molecule has 0 bridgehead atoms. The molecule has 1 aromatic rings. The standard InChI is InChI=1S/C14H19O3P/c1-9(2)11-6-10(8-18(16)17)7-12(13(11)15)14(3,4)5/h6-7H,1,8H2,2-5H3,(H-,15,16,17)/p+1. The Kier molecular flexibility index (Phi) is 4.31. The van der Waals surface area contributed by atoms with Crippen LogP contribution in [-0.4, -0.2) is 10.00 Å². The van der Waals surface area contributed by atoms with Crippen LogP contribution in [0, 0.1) is 0 Å². The second kappa shape index (κ2) is 5.21. The summed E-state index contributed by atoms with van der Waals surface area (Å²) in [5.74, 6) is 0.215. The fraction of sp³-hybridized carbons (Fsp3) is 0.429. The fourth-order valence-corrected chi connectivity index (χ4v) is 2.33. The summed E-state index contributed by atoms with van der Waals surface area (Å²) >= 11 is 0. The van der Waals surface area contributed by atoms with E-state index in [9.17, 15) is 9.67 Å². The summed E-state index contributed by atoms with van der Waals surface area (Å²) in [5, 5.41) is 10.3. The highest BCUT2D eigenvalue weighted by Crippen LogP contribution is 2.38. The monoisotopic (exact) mass is 267 g/mol. The molecule has 2 N–H and O–H groups in total. The van der Waals surface area contributed by atoms with E-state index in [-0.39, 0.29) is 17.3 Å². The maximum Gasteiger partial charge on any atom is 0.510 e. The van der Waals surface area contributed by atoms with E-state index in [2.05, 4.69) is 6.58 Å². The highest BCUT2D eigenvalue weighted by molar-refractivity contribution is 7.37. The molecule has 0 saturated carbocycles. The molecule has 0 saturated heterocycles. The maximum absolute atomic E-state index is 11.0. The van der Waals surface area contributed by atoms with Gasteiger partial charge in [-0.2, -0.15) is 4.89 Å². The van der Waals surface area contributed by atoms with E-state index in [0.717, 1.165) is 16.7 Å². The summed E-state index contributed by atoms with van der Waals surface area (Å²) in [4.78, 5) is 9.02. The molecule has 0 amide bonds. The van der Waals surface area contributed by atoms with Crippen LogP contribution in [0.1, 0.15) is 44.4 Å². The van der Waals surface area contributed by atoms with Crippen molar-refractivity contribution < 1.29 is 14.6 Å². The zero-order chi connectivity index (χ0) is 14.1. The van der Waals surface area contributed by atoms with Gasteiger partial charge in [-0.1, -0.05) is 27.4 Å². The van der Waals surface area contributed by atoms with Gasteiger partial charge in [0.2, 0.25) is 6.16 Å². The molecule has 1 atom stereocenters. The number of phenolic OH excluding ortho intramolecular Hbond substituents is 1. The number of hydrogen-bond acceptors (Lipinski definition) is 2. The molecule has 98 valence electrons. The second-order valence-corrected chi connectivity index (χ2v) is 6.60. The second-order valence-electron chi connectivity index (χ2n) is 5.58. The Morgan fingerprint density at radius 2 is 1.94 bits per heavy atom. The van der Waals surface area contributed by atoms with Crippen LogP contribution in [0.4, 0.5) is 0 Å². The molecule has 18 heavy (non-hydrogen) atoms. The average Bonchev–Trinajstić information content (AvgIpc) is 2.17. The smallest absolute Gasteiger partial charge is 0.507 e. The molecule has 0 radical (unpaired) electrons. The van der Waals surface area contributed by atoms with Crippen molar-refractivity contribution in [2.75, 3.05) is 0 Å². The van der Waals surface area contributed by atoms with Crippen LogP contribution in [0.25, 0.3) is 5.57 Å². The summed E-state index contributed by atoms with van der Waals surface area (Å²) in [5.41, 5.74) is 2.68. The van der Waals surface area contributed by atoms with Gasteiger partial charge in [0.05, 0.1) is 0 Å². The third-order valence-electron chi connectivity index (χ3n) is 2.76. The Balaban J connectivity index is 3.46. The van der Waals surface area contributed by atoms with Gasteiger partial charge in [0.15, 0.2) is 0 Å². The van der Waals surface area contributed by atoms with E-state index in [1.54, 1.807) is 12.1 Å². The lowest BCUT2D eigenvalue weighted by molar-refractivity contribution is 0.444. The number of benzene rings is 1. The molecule has 1 unspecified atom stereocenters. The van der Waals surface area contributed by atoms with Gasteiger partial charge in [0, 0.05) is 16.7 Å². The van der Waals surface area contributed by atoms with Crippen molar-refractivity contribution in [1.82, 2.24) is 0 Å². The molecule has 0 aliphatic heterocycles. The highest BCUT2D eigenvalue weighted by Gasteiger charge is 2.23. The molecule has 0 heterocycles. The highest BCUT2D eigenvalue weighted by atomic mass is 31.1. The first-order valence-electron chi connectivity index (χ1n) is 5.78. The van der Waals surface area contributed by atoms with E-state index >= 15 is 0 Å². The fourth-order valence-electron chi connectivity index (χ4n) is 1.84. The first kappa shape index (κ1) is 14.9. The molecule has 0 aliphatic carbocycles. The van der Waals surface area contributed by atoms with Crippen molar-refractivity contribution in [3.05, 3.63) is 35.4 Å². The molecule has 3 nitrogen and oxygen atoms in total. The number of phenols is 1. The summed E-state index contributed by atoms with van der Waals surface area (Å²) in [6, 6.07) is 3.53. The van der Waals surface area contributed by atoms with Gasteiger partial charge in [0.1, 0.15) is 5.75 Å². The summed E-state index contributed by atoms with van der Waals surface area (Å²) in [6.45, 7) is 11.6.